The van der Waals surface area contributed by atoms with Crippen molar-refractivity contribution in [3.63, 3.8) is 0 Å². The smallest absolute Gasteiger partial charge is 0.258 e. The van der Waals surface area contributed by atoms with Gasteiger partial charge in [0.2, 0.25) is 5.91 Å². The number of unbranched alkanes of at least 4 members (excludes halogenated alkanes) is 1. The Morgan fingerprint density at radius 1 is 1.10 bits per heavy atom. The monoisotopic (exact) mass is 637 g/mol. The summed E-state index contributed by atoms with van der Waals surface area (Å²) in [4.78, 5) is 24.4. The van der Waals surface area contributed by atoms with Crippen LogP contribution >= 0.6 is 57.4 Å². The lowest BCUT2D eigenvalue weighted by atomic mass is 10.2. The van der Waals surface area contributed by atoms with Crippen molar-refractivity contribution in [2.45, 2.75) is 26.2 Å². The molecule has 0 aromatic heterocycles. The SMILES string of the molecule is CCCCC(=O)Nc1ccc(NC(=S)NC(=O)c2cc(I)ccc2I)cc1OC. The van der Waals surface area contributed by atoms with Crippen molar-refractivity contribution in [3.05, 3.63) is 49.1 Å². The molecule has 0 fully saturated rings. The number of nitrogens with one attached hydrogen (secondary N) is 3. The zero-order chi connectivity index (χ0) is 21.4. The first-order valence-corrected chi connectivity index (χ1v) is 11.5. The molecule has 0 unspecified atom stereocenters. The lowest BCUT2D eigenvalue weighted by Crippen LogP contribution is -2.34. The fraction of sp³-hybridized carbons (Fsp3) is 0.250. The van der Waals surface area contributed by atoms with E-state index >= 15 is 0 Å². The summed E-state index contributed by atoms with van der Waals surface area (Å²) in [6.07, 6.45) is 2.26. The number of carbonyl (C=O) groups is 2. The Labute approximate surface area is 202 Å². The Balaban J connectivity index is 2.03. The summed E-state index contributed by atoms with van der Waals surface area (Å²) in [7, 11) is 1.53. The molecule has 29 heavy (non-hydrogen) atoms. The third-order valence-corrected chi connectivity index (χ3v) is 5.71. The molecule has 2 aromatic rings. The minimum Gasteiger partial charge on any atom is -0.494 e. The molecule has 0 aliphatic rings. The molecule has 2 amide bonds. The quantitative estimate of drug-likeness (QED) is 0.289. The van der Waals surface area contributed by atoms with Gasteiger partial charge in [-0.3, -0.25) is 14.9 Å². The summed E-state index contributed by atoms with van der Waals surface area (Å²) in [6.45, 7) is 2.04. The molecule has 6 nitrogen and oxygen atoms in total. The van der Waals surface area contributed by atoms with Crippen molar-refractivity contribution in [3.8, 4) is 5.75 Å². The van der Waals surface area contributed by atoms with Crippen LogP contribution in [-0.4, -0.2) is 24.0 Å². The number of ether oxygens (including phenoxy) is 1. The Morgan fingerprint density at radius 2 is 1.86 bits per heavy atom. The van der Waals surface area contributed by atoms with E-state index in [0.29, 0.717) is 29.1 Å². The molecule has 0 aliphatic heterocycles. The third-order valence-electron chi connectivity index (χ3n) is 3.89. The van der Waals surface area contributed by atoms with Gasteiger partial charge in [-0.15, -0.1) is 0 Å². The molecule has 0 radical (unpaired) electrons. The molecule has 154 valence electrons. The molecule has 3 N–H and O–H groups in total. The largest absolute Gasteiger partial charge is 0.494 e. The van der Waals surface area contributed by atoms with Crippen molar-refractivity contribution < 1.29 is 14.3 Å². The first-order chi connectivity index (χ1) is 13.8. The molecular formula is C20H21I2N3O3S. The number of amides is 2. The Kier molecular flexibility index (Phi) is 9.56. The van der Waals surface area contributed by atoms with E-state index in [-0.39, 0.29) is 16.9 Å². The second kappa shape index (κ2) is 11.6. The van der Waals surface area contributed by atoms with E-state index in [2.05, 4.69) is 61.1 Å². The maximum atomic E-state index is 12.5. The van der Waals surface area contributed by atoms with E-state index < -0.39 is 0 Å². The molecule has 0 aliphatic carbocycles. The standard InChI is InChI=1S/C20H21I2N3O3S/c1-3-4-5-18(26)24-16-9-7-13(11-17(16)28-2)23-20(29)25-19(27)14-10-12(21)6-8-15(14)22/h6-11H,3-5H2,1-2H3,(H,24,26)(H2,23,25,27,29). The van der Waals surface area contributed by atoms with Gasteiger partial charge in [-0.25, -0.2) is 0 Å². The molecule has 2 aromatic carbocycles. The molecule has 0 heterocycles. The molecular weight excluding hydrogens is 616 g/mol. The van der Waals surface area contributed by atoms with Gasteiger partial charge in [0.25, 0.3) is 5.91 Å². The average Bonchev–Trinajstić information content (AvgIpc) is 2.69. The first kappa shape index (κ1) is 23.8. The fourth-order valence-corrected chi connectivity index (χ4v) is 3.71. The van der Waals surface area contributed by atoms with Gasteiger partial charge >= 0.3 is 0 Å². The van der Waals surface area contributed by atoms with E-state index in [1.807, 2.05) is 19.1 Å². The summed E-state index contributed by atoms with van der Waals surface area (Å²) in [5.74, 6) is 0.166. The molecule has 9 heteroatoms. The van der Waals surface area contributed by atoms with Gasteiger partial charge in [0, 0.05) is 25.3 Å². The Bertz CT molecular complexity index is 922. The third kappa shape index (κ3) is 7.37. The van der Waals surface area contributed by atoms with Crippen molar-refractivity contribution in [1.29, 1.82) is 0 Å². The molecule has 0 spiro atoms. The molecule has 0 saturated carbocycles. The summed E-state index contributed by atoms with van der Waals surface area (Å²) < 4.78 is 7.17. The highest BCUT2D eigenvalue weighted by molar-refractivity contribution is 14.1. The van der Waals surface area contributed by atoms with Gasteiger partial charge in [-0.2, -0.15) is 0 Å². The lowest BCUT2D eigenvalue weighted by molar-refractivity contribution is -0.116. The van der Waals surface area contributed by atoms with Crippen LogP contribution in [0.4, 0.5) is 11.4 Å². The first-order valence-electron chi connectivity index (χ1n) is 8.89. The number of thiocarbonyl (C=S) groups is 1. The van der Waals surface area contributed by atoms with Crippen LogP contribution in [0.2, 0.25) is 0 Å². The number of methoxy groups -OCH3 is 1. The van der Waals surface area contributed by atoms with Crippen LogP contribution < -0.4 is 20.7 Å². The van der Waals surface area contributed by atoms with Crippen LogP contribution in [-0.2, 0) is 4.79 Å². The molecule has 0 saturated heterocycles. The predicted molar refractivity (Wildman–Crippen MR) is 137 cm³/mol. The van der Waals surface area contributed by atoms with Gasteiger partial charge in [-0.05, 0) is 94.2 Å². The predicted octanol–water partition coefficient (Wildman–Crippen LogP) is 5.16. The lowest BCUT2D eigenvalue weighted by Gasteiger charge is -2.14. The normalized spacial score (nSPS) is 10.2. The van der Waals surface area contributed by atoms with Gasteiger partial charge in [0.1, 0.15) is 5.75 Å². The summed E-state index contributed by atoms with van der Waals surface area (Å²) in [5.41, 5.74) is 1.78. The van der Waals surface area contributed by atoms with Crippen molar-refractivity contribution in [2.24, 2.45) is 0 Å². The highest BCUT2D eigenvalue weighted by Gasteiger charge is 2.13. The molecule has 0 atom stereocenters. The van der Waals surface area contributed by atoms with Gasteiger partial charge < -0.3 is 15.4 Å². The second-order valence-electron chi connectivity index (χ2n) is 6.10. The van der Waals surface area contributed by atoms with Crippen LogP contribution in [0.25, 0.3) is 0 Å². The van der Waals surface area contributed by atoms with E-state index in [1.54, 1.807) is 24.3 Å². The highest BCUT2D eigenvalue weighted by Crippen LogP contribution is 2.28. The number of hydrogen-bond donors (Lipinski definition) is 3. The number of rotatable bonds is 7. The minimum absolute atomic E-state index is 0.0549. The van der Waals surface area contributed by atoms with Crippen molar-refractivity contribution in [1.82, 2.24) is 5.32 Å². The number of carbonyl (C=O) groups excluding carboxylic acids is 2. The maximum absolute atomic E-state index is 12.5. The van der Waals surface area contributed by atoms with Gasteiger partial charge in [-0.1, -0.05) is 13.3 Å². The fourth-order valence-electron chi connectivity index (χ4n) is 2.43. The topological polar surface area (TPSA) is 79.5 Å². The summed E-state index contributed by atoms with van der Waals surface area (Å²) in [6, 6.07) is 10.8. The number of halogens is 2. The van der Waals surface area contributed by atoms with E-state index in [0.717, 1.165) is 20.0 Å². The molecule has 2 rings (SSSR count). The highest BCUT2D eigenvalue weighted by atomic mass is 127. The number of benzene rings is 2. The van der Waals surface area contributed by atoms with Gasteiger partial charge in [0.05, 0.1) is 18.4 Å². The van der Waals surface area contributed by atoms with Gasteiger partial charge in [0.15, 0.2) is 5.11 Å². The van der Waals surface area contributed by atoms with E-state index in [1.165, 1.54) is 7.11 Å². The van der Waals surface area contributed by atoms with Crippen LogP contribution in [0.15, 0.2) is 36.4 Å². The van der Waals surface area contributed by atoms with E-state index in [9.17, 15) is 9.59 Å². The van der Waals surface area contributed by atoms with Crippen molar-refractivity contribution in [2.75, 3.05) is 17.7 Å². The van der Waals surface area contributed by atoms with E-state index in [4.69, 9.17) is 17.0 Å². The molecule has 0 bridgehead atoms. The average molecular weight is 637 g/mol. The zero-order valence-electron chi connectivity index (χ0n) is 16.0. The summed E-state index contributed by atoms with van der Waals surface area (Å²) in [5, 5.41) is 8.67. The zero-order valence-corrected chi connectivity index (χ0v) is 21.1. The Morgan fingerprint density at radius 3 is 2.55 bits per heavy atom. The second-order valence-corrected chi connectivity index (χ2v) is 8.92. The van der Waals surface area contributed by atoms with Crippen LogP contribution in [0.3, 0.4) is 0 Å². The summed E-state index contributed by atoms with van der Waals surface area (Å²) >= 11 is 9.53. The van der Waals surface area contributed by atoms with Crippen molar-refractivity contribution >= 4 is 85.7 Å². The minimum atomic E-state index is -0.280. The van der Waals surface area contributed by atoms with Crippen LogP contribution in [0.1, 0.15) is 36.5 Å². The maximum Gasteiger partial charge on any atom is 0.258 e. The van der Waals surface area contributed by atoms with Crippen LogP contribution in [0, 0.1) is 7.14 Å². The number of hydrogen-bond acceptors (Lipinski definition) is 4. The van der Waals surface area contributed by atoms with Crippen LogP contribution in [0.5, 0.6) is 5.75 Å². The Hall–Kier alpha value is -1.47. The number of anilines is 2.